The number of ether oxygens (including phenoxy) is 1. The molecule has 0 amide bonds. The molecule has 3 atom stereocenters. The summed E-state index contributed by atoms with van der Waals surface area (Å²) in [5.74, 6) is -0.956. The molecule has 1 aliphatic heterocycles. The summed E-state index contributed by atoms with van der Waals surface area (Å²) in [4.78, 5) is 11.2. The lowest BCUT2D eigenvalue weighted by atomic mass is 9.66. The molecule has 0 radical (unpaired) electrons. The average Bonchev–Trinajstić information content (AvgIpc) is 2.34. The quantitative estimate of drug-likeness (QED) is 0.662. The van der Waals surface area contributed by atoms with Gasteiger partial charge in [-0.1, -0.05) is 20.8 Å². The molecule has 4 nitrogen and oxygen atoms in total. The summed E-state index contributed by atoms with van der Waals surface area (Å²) in [6.07, 6.45) is 0.235. The van der Waals surface area contributed by atoms with Gasteiger partial charge in [-0.15, -0.1) is 0 Å². The predicted octanol–water partition coefficient (Wildman–Crippen LogP) is 0.985. The third-order valence-corrected chi connectivity index (χ3v) is 4.64. The molecule has 2 fully saturated rings. The van der Waals surface area contributed by atoms with Crippen LogP contribution in [0, 0.1) is 10.8 Å². The number of aliphatic hydroxyl groups is 1. The Labute approximate surface area is 82.9 Å². The second-order valence-corrected chi connectivity index (χ2v) is 5.14. The average molecular weight is 200 g/mol. The van der Waals surface area contributed by atoms with Crippen LogP contribution in [0.15, 0.2) is 0 Å². The van der Waals surface area contributed by atoms with E-state index in [1.807, 2.05) is 20.8 Å². The molecule has 2 N–H and O–H groups in total. The summed E-state index contributed by atoms with van der Waals surface area (Å²) in [7, 11) is 0. The first-order valence-corrected chi connectivity index (χ1v) is 4.87. The summed E-state index contributed by atoms with van der Waals surface area (Å²) in [5.41, 5.74) is -2.15. The molecular formula is C10H16O4. The molecule has 1 unspecified atom stereocenters. The highest BCUT2D eigenvalue weighted by Crippen LogP contribution is 2.67. The van der Waals surface area contributed by atoms with Gasteiger partial charge in [-0.05, 0) is 12.8 Å². The van der Waals surface area contributed by atoms with Crippen LogP contribution in [-0.4, -0.2) is 28.1 Å². The molecule has 4 heteroatoms. The van der Waals surface area contributed by atoms with E-state index in [0.29, 0.717) is 12.8 Å². The van der Waals surface area contributed by atoms with Crippen molar-refractivity contribution >= 4 is 5.97 Å². The fraction of sp³-hybridized carbons (Fsp3) is 0.900. The first-order chi connectivity index (χ1) is 6.28. The van der Waals surface area contributed by atoms with E-state index in [-0.39, 0.29) is 0 Å². The molecule has 0 spiro atoms. The van der Waals surface area contributed by atoms with Gasteiger partial charge in [0.15, 0.2) is 11.9 Å². The molecule has 2 aliphatic rings. The van der Waals surface area contributed by atoms with Crippen LogP contribution < -0.4 is 0 Å². The van der Waals surface area contributed by atoms with Gasteiger partial charge in [-0.25, -0.2) is 4.79 Å². The van der Waals surface area contributed by atoms with Crippen LogP contribution in [0.1, 0.15) is 33.6 Å². The standard InChI is InChI=1S/C10H16O4/c1-8(2)9(3)4-5-10(8,6(11)12)14-7(9)13/h7,13H,4-5H2,1-3H3,(H,11,12)/t7?,9-,10+/m0/s1. The molecule has 1 saturated carbocycles. The number of hydrogen-bond acceptors (Lipinski definition) is 3. The van der Waals surface area contributed by atoms with Crippen molar-refractivity contribution in [3.63, 3.8) is 0 Å². The van der Waals surface area contributed by atoms with Crippen LogP contribution in [0.5, 0.6) is 0 Å². The van der Waals surface area contributed by atoms with Crippen molar-refractivity contribution in [2.24, 2.45) is 10.8 Å². The zero-order valence-electron chi connectivity index (χ0n) is 8.70. The summed E-state index contributed by atoms with van der Waals surface area (Å²) in [6.45, 7) is 5.63. The van der Waals surface area contributed by atoms with E-state index < -0.39 is 28.7 Å². The predicted molar refractivity (Wildman–Crippen MR) is 48.6 cm³/mol. The maximum atomic E-state index is 11.2. The molecule has 1 heterocycles. The van der Waals surface area contributed by atoms with Crippen molar-refractivity contribution in [2.45, 2.75) is 45.5 Å². The maximum Gasteiger partial charge on any atom is 0.336 e. The van der Waals surface area contributed by atoms with Gasteiger partial charge in [-0.3, -0.25) is 0 Å². The van der Waals surface area contributed by atoms with Crippen LogP contribution in [0.2, 0.25) is 0 Å². The highest BCUT2D eigenvalue weighted by atomic mass is 16.6. The van der Waals surface area contributed by atoms with E-state index in [1.165, 1.54) is 0 Å². The monoisotopic (exact) mass is 200 g/mol. The minimum atomic E-state index is -1.19. The van der Waals surface area contributed by atoms with Crippen LogP contribution in [0.3, 0.4) is 0 Å². The van der Waals surface area contributed by atoms with E-state index in [4.69, 9.17) is 4.74 Å². The largest absolute Gasteiger partial charge is 0.479 e. The molecule has 80 valence electrons. The summed E-state index contributed by atoms with van der Waals surface area (Å²) < 4.78 is 5.28. The van der Waals surface area contributed by atoms with Crippen molar-refractivity contribution in [1.82, 2.24) is 0 Å². The van der Waals surface area contributed by atoms with E-state index >= 15 is 0 Å². The Hall–Kier alpha value is -0.610. The van der Waals surface area contributed by atoms with E-state index in [0.717, 1.165) is 0 Å². The molecule has 1 saturated heterocycles. The first-order valence-electron chi connectivity index (χ1n) is 4.87. The normalized spacial score (nSPS) is 49.6. The molecular weight excluding hydrogens is 184 g/mol. The number of carboxylic acids is 1. The third-order valence-electron chi connectivity index (χ3n) is 4.64. The van der Waals surface area contributed by atoms with Gasteiger partial charge in [0.2, 0.25) is 0 Å². The maximum absolute atomic E-state index is 11.2. The van der Waals surface area contributed by atoms with Gasteiger partial charge in [0.05, 0.1) is 0 Å². The molecule has 2 rings (SSSR count). The fourth-order valence-electron chi connectivity index (χ4n) is 2.91. The van der Waals surface area contributed by atoms with E-state index in [1.54, 1.807) is 0 Å². The van der Waals surface area contributed by atoms with Crippen LogP contribution in [-0.2, 0) is 9.53 Å². The van der Waals surface area contributed by atoms with Crippen molar-refractivity contribution in [1.29, 1.82) is 0 Å². The van der Waals surface area contributed by atoms with Crippen LogP contribution >= 0.6 is 0 Å². The molecule has 1 aliphatic carbocycles. The first kappa shape index (κ1) is 9.93. The highest BCUT2D eigenvalue weighted by Gasteiger charge is 2.74. The second-order valence-electron chi connectivity index (χ2n) is 5.14. The van der Waals surface area contributed by atoms with Gasteiger partial charge in [0, 0.05) is 10.8 Å². The number of fused-ring (bicyclic) bond motifs is 2. The Kier molecular flexibility index (Phi) is 1.64. The summed E-state index contributed by atoms with van der Waals surface area (Å²) >= 11 is 0. The smallest absolute Gasteiger partial charge is 0.336 e. The van der Waals surface area contributed by atoms with Gasteiger partial charge in [-0.2, -0.15) is 0 Å². The lowest BCUT2D eigenvalue weighted by Crippen LogP contribution is -2.47. The Balaban J connectivity index is 2.54. The van der Waals surface area contributed by atoms with Crippen molar-refractivity contribution in [2.75, 3.05) is 0 Å². The number of aliphatic hydroxyl groups excluding tert-OH is 1. The Bertz CT molecular complexity index is 298. The number of carbonyl (C=O) groups is 1. The number of hydrogen-bond donors (Lipinski definition) is 2. The second kappa shape index (κ2) is 2.31. The topological polar surface area (TPSA) is 66.8 Å². The Morgan fingerprint density at radius 2 is 1.93 bits per heavy atom. The summed E-state index contributed by atoms with van der Waals surface area (Å²) in [5, 5.41) is 19.0. The fourth-order valence-corrected chi connectivity index (χ4v) is 2.91. The van der Waals surface area contributed by atoms with Crippen molar-refractivity contribution in [3.05, 3.63) is 0 Å². The van der Waals surface area contributed by atoms with Crippen LogP contribution in [0.4, 0.5) is 0 Å². The summed E-state index contributed by atoms with van der Waals surface area (Å²) in [6, 6.07) is 0. The van der Waals surface area contributed by atoms with Gasteiger partial charge in [0.1, 0.15) is 0 Å². The molecule has 0 aromatic heterocycles. The van der Waals surface area contributed by atoms with Crippen molar-refractivity contribution in [3.8, 4) is 0 Å². The number of rotatable bonds is 1. The van der Waals surface area contributed by atoms with Crippen molar-refractivity contribution < 1.29 is 19.7 Å². The molecule has 2 bridgehead atoms. The zero-order chi connectivity index (χ0) is 10.8. The Morgan fingerprint density at radius 3 is 2.14 bits per heavy atom. The van der Waals surface area contributed by atoms with Gasteiger partial charge >= 0.3 is 5.97 Å². The Morgan fingerprint density at radius 1 is 1.36 bits per heavy atom. The lowest BCUT2D eigenvalue weighted by Gasteiger charge is -2.35. The minimum Gasteiger partial charge on any atom is -0.479 e. The van der Waals surface area contributed by atoms with E-state index in [9.17, 15) is 15.0 Å². The third kappa shape index (κ3) is 0.718. The molecule has 14 heavy (non-hydrogen) atoms. The molecule has 0 aromatic carbocycles. The van der Waals surface area contributed by atoms with Gasteiger partial charge < -0.3 is 14.9 Å². The molecule has 0 aromatic rings. The zero-order valence-corrected chi connectivity index (χ0v) is 8.70. The van der Waals surface area contributed by atoms with Crippen LogP contribution in [0.25, 0.3) is 0 Å². The lowest BCUT2D eigenvalue weighted by molar-refractivity contribution is -0.207. The van der Waals surface area contributed by atoms with Gasteiger partial charge in [0.25, 0.3) is 0 Å². The number of carboxylic acid groups (broad SMARTS) is 1. The minimum absolute atomic E-state index is 0.439. The number of aliphatic carboxylic acids is 1. The SMILES string of the molecule is CC1(C)[C@@]2(C)CC[C@]1(C(=O)O)OC2O. The highest BCUT2D eigenvalue weighted by molar-refractivity contribution is 5.80. The van der Waals surface area contributed by atoms with E-state index in [2.05, 4.69) is 0 Å².